The maximum Gasteiger partial charge on any atom is 0.240 e. The average molecular weight is 400 g/mol. The van der Waals surface area contributed by atoms with Crippen LogP contribution in [0.2, 0.25) is 0 Å². The number of carbonyl (C=O) groups is 1. The van der Waals surface area contributed by atoms with Crippen LogP contribution < -0.4 is 11.1 Å². The number of nitrogens with zero attached hydrogens (tertiary/aromatic N) is 3. The van der Waals surface area contributed by atoms with Crippen LogP contribution in [0.1, 0.15) is 30.0 Å². The van der Waals surface area contributed by atoms with Crippen LogP contribution in [0.4, 0.5) is 5.13 Å². The fourth-order valence-electron chi connectivity index (χ4n) is 4.38. The van der Waals surface area contributed by atoms with E-state index in [2.05, 4.69) is 49.7 Å². The van der Waals surface area contributed by atoms with Gasteiger partial charge in [-0.25, -0.2) is 4.98 Å². The van der Waals surface area contributed by atoms with Gasteiger partial charge in [0.05, 0.1) is 12.2 Å². The summed E-state index contributed by atoms with van der Waals surface area (Å²) in [6, 6.07) is 10.5. The van der Waals surface area contributed by atoms with Gasteiger partial charge in [0.1, 0.15) is 0 Å². The van der Waals surface area contributed by atoms with E-state index in [1.807, 2.05) is 6.07 Å². The summed E-state index contributed by atoms with van der Waals surface area (Å²) < 4.78 is 0. The third-order valence-electron chi connectivity index (χ3n) is 5.80. The van der Waals surface area contributed by atoms with E-state index in [9.17, 15) is 4.79 Å². The predicted octanol–water partition coefficient (Wildman–Crippen LogP) is 2.35. The fraction of sp³-hybridized carbons (Fsp3) is 0.524. The van der Waals surface area contributed by atoms with Crippen LogP contribution >= 0.6 is 11.3 Å². The van der Waals surface area contributed by atoms with Crippen molar-refractivity contribution in [3.05, 3.63) is 47.0 Å². The van der Waals surface area contributed by atoms with Crippen molar-refractivity contribution in [2.24, 2.45) is 11.7 Å². The highest BCUT2D eigenvalue weighted by Crippen LogP contribution is 2.31. The minimum Gasteiger partial charge on any atom is -0.330 e. The topological polar surface area (TPSA) is 74.5 Å². The molecule has 1 aromatic carbocycles. The standard InChI is InChI=1S/C21H29N5OS/c22-10-17-11-26(13-19(17)16-6-2-1-3-7-16)14-20(27)24-21-23-18(15-28-21)12-25-8-4-5-9-25/h1-3,6-7,15,17,19H,4-5,8-14,22H2,(H,23,24,27)/t17-,19+/m1/s1. The van der Waals surface area contributed by atoms with Gasteiger partial charge in [-0.2, -0.15) is 0 Å². The number of benzene rings is 1. The van der Waals surface area contributed by atoms with Gasteiger partial charge in [0.2, 0.25) is 5.91 Å². The van der Waals surface area contributed by atoms with E-state index in [0.29, 0.717) is 30.1 Å². The zero-order chi connectivity index (χ0) is 19.3. The first-order chi connectivity index (χ1) is 13.7. The predicted molar refractivity (Wildman–Crippen MR) is 113 cm³/mol. The maximum atomic E-state index is 12.5. The number of hydrogen-bond acceptors (Lipinski definition) is 6. The van der Waals surface area contributed by atoms with Gasteiger partial charge < -0.3 is 11.1 Å². The second-order valence-corrected chi connectivity index (χ2v) is 8.74. The molecule has 2 fully saturated rings. The Bertz CT molecular complexity index is 774. The van der Waals surface area contributed by atoms with Crippen LogP contribution in [0.15, 0.2) is 35.7 Å². The smallest absolute Gasteiger partial charge is 0.240 e. The lowest BCUT2D eigenvalue weighted by Crippen LogP contribution is -2.32. The van der Waals surface area contributed by atoms with Gasteiger partial charge in [-0.3, -0.25) is 14.6 Å². The molecule has 0 unspecified atom stereocenters. The van der Waals surface area contributed by atoms with Crippen molar-refractivity contribution < 1.29 is 4.79 Å². The third kappa shape index (κ3) is 4.78. The van der Waals surface area contributed by atoms with Crippen LogP contribution in [0, 0.1) is 5.92 Å². The summed E-state index contributed by atoms with van der Waals surface area (Å²) in [4.78, 5) is 21.8. The van der Waals surface area contributed by atoms with Crippen LogP contribution in [-0.4, -0.2) is 60.0 Å². The molecule has 2 aliphatic rings. The van der Waals surface area contributed by atoms with E-state index in [1.165, 1.54) is 29.7 Å². The minimum atomic E-state index is 0.00607. The Balaban J connectivity index is 1.29. The second kappa shape index (κ2) is 9.13. The molecule has 2 aliphatic heterocycles. The van der Waals surface area contributed by atoms with Gasteiger partial charge in [0.15, 0.2) is 5.13 Å². The van der Waals surface area contributed by atoms with E-state index in [4.69, 9.17) is 5.73 Å². The lowest BCUT2D eigenvalue weighted by molar-refractivity contribution is -0.117. The molecule has 28 heavy (non-hydrogen) atoms. The highest BCUT2D eigenvalue weighted by atomic mass is 32.1. The van der Waals surface area contributed by atoms with Gasteiger partial charge in [-0.05, 0) is 44.0 Å². The van der Waals surface area contributed by atoms with Crippen LogP contribution in [0.5, 0.6) is 0 Å². The van der Waals surface area contributed by atoms with Gasteiger partial charge in [0.25, 0.3) is 0 Å². The van der Waals surface area contributed by atoms with Crippen molar-refractivity contribution in [2.75, 3.05) is 44.6 Å². The molecule has 0 radical (unpaired) electrons. The first-order valence-electron chi connectivity index (χ1n) is 10.1. The summed E-state index contributed by atoms with van der Waals surface area (Å²) in [5, 5.41) is 5.74. The molecule has 0 aliphatic carbocycles. The molecule has 6 nitrogen and oxygen atoms in total. The summed E-state index contributed by atoms with van der Waals surface area (Å²) in [5.74, 6) is 0.791. The van der Waals surface area contributed by atoms with Crippen molar-refractivity contribution in [1.29, 1.82) is 0 Å². The molecule has 0 spiro atoms. The number of nitrogens with two attached hydrogens (primary N) is 1. The fourth-order valence-corrected chi connectivity index (χ4v) is 5.09. The number of aromatic nitrogens is 1. The van der Waals surface area contributed by atoms with Crippen molar-refractivity contribution >= 4 is 22.4 Å². The monoisotopic (exact) mass is 399 g/mol. The van der Waals surface area contributed by atoms with Crippen molar-refractivity contribution in [3.8, 4) is 0 Å². The molecule has 150 valence electrons. The molecule has 1 amide bonds. The van der Waals surface area contributed by atoms with E-state index < -0.39 is 0 Å². The molecule has 2 saturated heterocycles. The van der Waals surface area contributed by atoms with E-state index in [1.54, 1.807) is 0 Å². The number of nitrogens with one attached hydrogen (secondary N) is 1. The number of amides is 1. The summed E-state index contributed by atoms with van der Waals surface area (Å²) >= 11 is 1.51. The van der Waals surface area contributed by atoms with E-state index in [0.717, 1.165) is 38.4 Å². The zero-order valence-corrected chi connectivity index (χ0v) is 17.0. The Morgan fingerprint density at radius 2 is 1.96 bits per heavy atom. The Morgan fingerprint density at radius 3 is 2.71 bits per heavy atom. The Kier molecular flexibility index (Phi) is 6.36. The molecule has 2 atom stereocenters. The Labute approximate surface area is 170 Å². The van der Waals surface area contributed by atoms with E-state index >= 15 is 0 Å². The van der Waals surface area contributed by atoms with Crippen molar-refractivity contribution in [1.82, 2.24) is 14.8 Å². The molecule has 3 N–H and O–H groups in total. The molecule has 7 heteroatoms. The Hall–Kier alpha value is -1.80. The molecular weight excluding hydrogens is 370 g/mol. The first kappa shape index (κ1) is 19.5. The van der Waals surface area contributed by atoms with Crippen LogP contribution in [-0.2, 0) is 11.3 Å². The quantitative estimate of drug-likeness (QED) is 0.748. The molecule has 2 aromatic rings. The first-order valence-corrected chi connectivity index (χ1v) is 11.0. The third-order valence-corrected chi connectivity index (χ3v) is 6.60. The minimum absolute atomic E-state index is 0.00607. The molecule has 1 aromatic heterocycles. The number of carbonyl (C=O) groups excluding carboxylic acids is 1. The van der Waals surface area contributed by atoms with Crippen LogP contribution in [0.3, 0.4) is 0 Å². The number of likely N-dealkylation sites (tertiary alicyclic amines) is 2. The zero-order valence-electron chi connectivity index (χ0n) is 16.2. The number of thiazole rings is 1. The normalized spacial score (nSPS) is 23.3. The Morgan fingerprint density at radius 1 is 1.18 bits per heavy atom. The molecule has 4 rings (SSSR count). The summed E-state index contributed by atoms with van der Waals surface area (Å²) in [6.45, 7) is 5.96. The molecule has 3 heterocycles. The molecular formula is C21H29N5OS. The second-order valence-electron chi connectivity index (χ2n) is 7.88. The van der Waals surface area contributed by atoms with Crippen molar-refractivity contribution in [3.63, 3.8) is 0 Å². The highest BCUT2D eigenvalue weighted by molar-refractivity contribution is 7.13. The summed E-state index contributed by atoms with van der Waals surface area (Å²) in [6.07, 6.45) is 2.55. The van der Waals surface area contributed by atoms with Gasteiger partial charge >= 0.3 is 0 Å². The summed E-state index contributed by atoms with van der Waals surface area (Å²) in [7, 11) is 0. The highest BCUT2D eigenvalue weighted by Gasteiger charge is 2.33. The van der Waals surface area contributed by atoms with E-state index in [-0.39, 0.29) is 5.91 Å². The maximum absolute atomic E-state index is 12.5. The number of anilines is 1. The lowest BCUT2D eigenvalue weighted by Gasteiger charge is -2.16. The average Bonchev–Trinajstić information content (AvgIpc) is 3.44. The van der Waals surface area contributed by atoms with Gasteiger partial charge in [-0.15, -0.1) is 11.3 Å². The number of rotatable bonds is 7. The molecule has 0 saturated carbocycles. The van der Waals surface area contributed by atoms with Gasteiger partial charge in [-0.1, -0.05) is 30.3 Å². The van der Waals surface area contributed by atoms with Crippen molar-refractivity contribution in [2.45, 2.75) is 25.3 Å². The largest absolute Gasteiger partial charge is 0.330 e. The SMILES string of the molecule is NC[C@@H]1CN(CC(=O)Nc2nc(CN3CCCC3)cs2)C[C@H]1c1ccccc1. The lowest BCUT2D eigenvalue weighted by atomic mass is 9.89. The number of hydrogen-bond donors (Lipinski definition) is 2. The van der Waals surface area contributed by atoms with Gasteiger partial charge in [0, 0.05) is 30.9 Å². The summed E-state index contributed by atoms with van der Waals surface area (Å²) in [5.41, 5.74) is 8.37. The van der Waals surface area contributed by atoms with Crippen LogP contribution in [0.25, 0.3) is 0 Å². The molecule has 0 bridgehead atoms.